The summed E-state index contributed by atoms with van der Waals surface area (Å²) in [4.78, 5) is 12.6. The molecule has 1 aromatic heterocycles. The molecule has 0 radical (unpaired) electrons. The number of nitrogens with one attached hydrogen (secondary N) is 1. The minimum absolute atomic E-state index is 0.0905. The number of amides is 1. The lowest BCUT2D eigenvalue weighted by molar-refractivity contribution is -0.119. The van der Waals surface area contributed by atoms with Crippen LogP contribution in [-0.2, 0) is 4.79 Å². The molecule has 0 unspecified atom stereocenters. The summed E-state index contributed by atoms with van der Waals surface area (Å²) in [5, 5.41) is 13.1. The lowest BCUT2D eigenvalue weighted by Gasteiger charge is -2.26. The van der Waals surface area contributed by atoms with Gasteiger partial charge in [0.25, 0.3) is 0 Å². The summed E-state index contributed by atoms with van der Waals surface area (Å²) in [7, 11) is 3.27. The van der Waals surface area contributed by atoms with Crippen LogP contribution in [0.15, 0.2) is 23.4 Å². The number of methoxy groups -OCH3 is 2. The number of benzene rings is 1. The first kappa shape index (κ1) is 23.0. The molecule has 2 aromatic rings. The molecule has 174 valence electrons. The van der Waals surface area contributed by atoms with Crippen molar-refractivity contribution in [1.82, 2.24) is 20.1 Å². The van der Waals surface area contributed by atoms with E-state index < -0.39 is 0 Å². The zero-order chi connectivity index (χ0) is 22.3. The van der Waals surface area contributed by atoms with Crippen molar-refractivity contribution in [2.24, 2.45) is 0 Å². The molecule has 0 spiro atoms. The third-order valence-electron chi connectivity index (χ3n) is 6.55. The van der Waals surface area contributed by atoms with Crippen molar-refractivity contribution in [3.8, 4) is 22.9 Å². The summed E-state index contributed by atoms with van der Waals surface area (Å²) in [6.07, 6.45) is 11.8. The number of rotatable bonds is 8. The summed E-state index contributed by atoms with van der Waals surface area (Å²) in [6, 6.07) is 6.53. The predicted octanol–water partition coefficient (Wildman–Crippen LogP) is 5.01. The topological polar surface area (TPSA) is 78.3 Å². The molecule has 4 rings (SSSR count). The molecular formula is C24H34N4O3S. The fourth-order valence-electron chi connectivity index (χ4n) is 4.86. The number of hydrogen-bond acceptors (Lipinski definition) is 6. The van der Waals surface area contributed by atoms with Crippen LogP contribution in [0.3, 0.4) is 0 Å². The van der Waals surface area contributed by atoms with E-state index in [0.29, 0.717) is 29.3 Å². The van der Waals surface area contributed by atoms with Gasteiger partial charge in [-0.15, -0.1) is 10.2 Å². The molecule has 0 bridgehead atoms. The number of hydrogen-bond donors (Lipinski definition) is 1. The average molecular weight is 459 g/mol. The second kappa shape index (κ2) is 11.1. The standard InChI is InChI=1S/C24H34N4O3S/c1-30-20-14-13-17(15-21(20)31-2)23-26-27-24(28(23)19-11-7-4-8-12-19)32-16-22(29)25-18-9-5-3-6-10-18/h13-15,18-19H,3-12,16H2,1-2H3,(H,25,29). The fraction of sp³-hybridized carbons (Fsp3) is 0.625. The van der Waals surface area contributed by atoms with Crippen LogP contribution in [0.1, 0.15) is 70.3 Å². The molecule has 0 aliphatic heterocycles. The molecular weight excluding hydrogens is 424 g/mol. The van der Waals surface area contributed by atoms with Gasteiger partial charge in [0.15, 0.2) is 22.5 Å². The van der Waals surface area contributed by atoms with Crippen molar-refractivity contribution in [3.05, 3.63) is 18.2 Å². The number of ether oxygens (including phenoxy) is 2. The molecule has 2 aliphatic rings. The van der Waals surface area contributed by atoms with E-state index in [1.807, 2.05) is 18.2 Å². The lowest BCUT2D eigenvalue weighted by atomic mass is 9.95. The van der Waals surface area contributed by atoms with E-state index in [-0.39, 0.29) is 5.91 Å². The minimum Gasteiger partial charge on any atom is -0.493 e. The Labute approximate surface area is 194 Å². The second-order valence-corrected chi connectivity index (χ2v) is 9.67. The van der Waals surface area contributed by atoms with E-state index in [1.54, 1.807) is 14.2 Å². The molecule has 1 amide bonds. The molecule has 0 atom stereocenters. The minimum atomic E-state index is 0.0905. The molecule has 1 aromatic carbocycles. The quantitative estimate of drug-likeness (QED) is 0.561. The Hall–Kier alpha value is -2.22. The van der Waals surface area contributed by atoms with E-state index in [9.17, 15) is 4.79 Å². The normalized spacial score (nSPS) is 17.8. The predicted molar refractivity (Wildman–Crippen MR) is 126 cm³/mol. The molecule has 2 aliphatic carbocycles. The molecule has 7 nitrogen and oxygen atoms in total. The lowest BCUT2D eigenvalue weighted by Crippen LogP contribution is -2.37. The van der Waals surface area contributed by atoms with Gasteiger partial charge >= 0.3 is 0 Å². The molecule has 2 fully saturated rings. The fourth-order valence-corrected chi connectivity index (χ4v) is 5.68. The molecule has 1 heterocycles. The van der Waals surface area contributed by atoms with E-state index in [2.05, 4.69) is 20.1 Å². The maximum Gasteiger partial charge on any atom is 0.230 e. The van der Waals surface area contributed by atoms with Crippen LogP contribution >= 0.6 is 11.8 Å². The summed E-state index contributed by atoms with van der Waals surface area (Å²) in [6.45, 7) is 0. The van der Waals surface area contributed by atoms with Gasteiger partial charge in [-0.3, -0.25) is 9.36 Å². The number of carbonyl (C=O) groups excluding carboxylic acids is 1. The van der Waals surface area contributed by atoms with Crippen LogP contribution in [0, 0.1) is 0 Å². The van der Waals surface area contributed by atoms with E-state index in [0.717, 1.165) is 42.2 Å². The Morgan fingerprint density at radius 1 is 1.00 bits per heavy atom. The van der Waals surface area contributed by atoms with Crippen LogP contribution in [0.25, 0.3) is 11.4 Å². The zero-order valence-corrected chi connectivity index (χ0v) is 20.0. The summed E-state index contributed by atoms with van der Waals surface area (Å²) < 4.78 is 13.1. The van der Waals surface area contributed by atoms with Crippen LogP contribution < -0.4 is 14.8 Å². The highest BCUT2D eigenvalue weighted by molar-refractivity contribution is 7.99. The Bertz CT molecular complexity index is 905. The molecule has 0 saturated heterocycles. The highest BCUT2D eigenvalue weighted by Crippen LogP contribution is 2.38. The van der Waals surface area contributed by atoms with Gasteiger partial charge in [0, 0.05) is 17.6 Å². The molecule has 2 saturated carbocycles. The zero-order valence-electron chi connectivity index (χ0n) is 19.1. The number of thioether (sulfide) groups is 1. The van der Waals surface area contributed by atoms with Crippen molar-refractivity contribution in [2.75, 3.05) is 20.0 Å². The maximum atomic E-state index is 12.6. The van der Waals surface area contributed by atoms with Gasteiger partial charge in [0.2, 0.25) is 5.91 Å². The van der Waals surface area contributed by atoms with Gasteiger partial charge in [-0.25, -0.2) is 0 Å². The van der Waals surface area contributed by atoms with Gasteiger partial charge in [0.1, 0.15) is 0 Å². The monoisotopic (exact) mass is 458 g/mol. The third kappa shape index (κ3) is 5.39. The van der Waals surface area contributed by atoms with Crippen LogP contribution in [0.2, 0.25) is 0 Å². The van der Waals surface area contributed by atoms with Crippen molar-refractivity contribution >= 4 is 17.7 Å². The van der Waals surface area contributed by atoms with Crippen molar-refractivity contribution in [2.45, 2.75) is 81.4 Å². The van der Waals surface area contributed by atoms with Gasteiger partial charge in [-0.2, -0.15) is 0 Å². The third-order valence-corrected chi connectivity index (χ3v) is 7.49. The SMILES string of the molecule is COc1ccc(-c2nnc(SCC(=O)NC3CCCCC3)n2C2CCCCC2)cc1OC. The Kier molecular flexibility index (Phi) is 7.95. The van der Waals surface area contributed by atoms with E-state index in [1.165, 1.54) is 50.3 Å². The first-order chi connectivity index (χ1) is 15.7. The maximum absolute atomic E-state index is 12.6. The van der Waals surface area contributed by atoms with E-state index in [4.69, 9.17) is 9.47 Å². The van der Waals surface area contributed by atoms with Crippen LogP contribution in [0.5, 0.6) is 11.5 Å². The average Bonchev–Trinajstić information content (AvgIpc) is 3.27. The summed E-state index contributed by atoms with van der Waals surface area (Å²) in [5.74, 6) is 2.65. The number of carbonyl (C=O) groups is 1. The van der Waals surface area contributed by atoms with Gasteiger partial charge in [-0.05, 0) is 43.9 Å². The second-order valence-electron chi connectivity index (χ2n) is 8.73. The molecule has 8 heteroatoms. The van der Waals surface area contributed by atoms with E-state index >= 15 is 0 Å². The van der Waals surface area contributed by atoms with Gasteiger partial charge in [0.05, 0.1) is 20.0 Å². The van der Waals surface area contributed by atoms with Crippen molar-refractivity contribution in [3.63, 3.8) is 0 Å². The molecule has 32 heavy (non-hydrogen) atoms. The number of nitrogens with zero attached hydrogens (tertiary/aromatic N) is 3. The smallest absolute Gasteiger partial charge is 0.230 e. The first-order valence-electron chi connectivity index (χ1n) is 11.8. The van der Waals surface area contributed by atoms with Gasteiger partial charge < -0.3 is 14.8 Å². The highest BCUT2D eigenvalue weighted by Gasteiger charge is 2.25. The van der Waals surface area contributed by atoms with Crippen molar-refractivity contribution in [1.29, 1.82) is 0 Å². The number of aromatic nitrogens is 3. The van der Waals surface area contributed by atoms with Gasteiger partial charge in [-0.1, -0.05) is 50.3 Å². The highest BCUT2D eigenvalue weighted by atomic mass is 32.2. The van der Waals surface area contributed by atoms with Crippen LogP contribution in [-0.4, -0.2) is 46.7 Å². The largest absolute Gasteiger partial charge is 0.493 e. The Morgan fingerprint density at radius 3 is 2.38 bits per heavy atom. The first-order valence-corrected chi connectivity index (χ1v) is 12.8. The summed E-state index contributed by atoms with van der Waals surface area (Å²) in [5.41, 5.74) is 0.944. The van der Waals surface area contributed by atoms with Crippen molar-refractivity contribution < 1.29 is 14.3 Å². The Morgan fingerprint density at radius 2 is 1.69 bits per heavy atom. The Balaban J connectivity index is 1.54. The summed E-state index contributed by atoms with van der Waals surface area (Å²) >= 11 is 1.49. The van der Waals surface area contributed by atoms with Crippen LogP contribution in [0.4, 0.5) is 0 Å². The molecule has 1 N–H and O–H groups in total.